The van der Waals surface area contributed by atoms with Crippen molar-refractivity contribution in [3.8, 4) is 0 Å². The quantitative estimate of drug-likeness (QED) is 0.536. The molecule has 0 aliphatic carbocycles. The van der Waals surface area contributed by atoms with Crippen LogP contribution in [0, 0.1) is 6.92 Å². The smallest absolute Gasteiger partial charge is 0.254 e. The first-order valence-electron chi connectivity index (χ1n) is 10.8. The molecule has 1 atom stereocenters. The molecule has 4 aromatic rings. The minimum atomic E-state index is -0.128. The van der Waals surface area contributed by atoms with Crippen LogP contribution in [0.5, 0.6) is 0 Å². The number of hydrogen-bond donors (Lipinski definition) is 1. The standard InChI is InChI=1S/C26H26N4O/c1-19-9-5-6-12-21(19)26(31)30-16-15-29(17-20-10-3-2-4-11-20)18-24(30)25-27-22-13-7-8-14-23(22)28-25/h2-14,24H,15-18H2,1H3,(H,27,28). The SMILES string of the molecule is Cc1ccccc1C(=O)N1CCN(Cc2ccccc2)CC1c1nc2ccccc2[nH]1. The number of carbonyl (C=O) groups is 1. The van der Waals surface area contributed by atoms with E-state index in [-0.39, 0.29) is 11.9 Å². The minimum Gasteiger partial charge on any atom is -0.340 e. The molecule has 1 aliphatic heterocycles. The van der Waals surface area contributed by atoms with Crippen molar-refractivity contribution in [2.75, 3.05) is 19.6 Å². The van der Waals surface area contributed by atoms with Gasteiger partial charge in [-0.15, -0.1) is 0 Å². The monoisotopic (exact) mass is 410 g/mol. The summed E-state index contributed by atoms with van der Waals surface area (Å²) in [6.45, 7) is 5.11. The largest absolute Gasteiger partial charge is 0.340 e. The van der Waals surface area contributed by atoms with Gasteiger partial charge in [0.15, 0.2) is 0 Å². The number of benzene rings is 3. The van der Waals surface area contributed by atoms with Crippen LogP contribution in [-0.4, -0.2) is 45.3 Å². The van der Waals surface area contributed by atoms with Gasteiger partial charge in [0.1, 0.15) is 11.9 Å². The summed E-state index contributed by atoms with van der Waals surface area (Å²) in [7, 11) is 0. The van der Waals surface area contributed by atoms with Crippen LogP contribution in [0.15, 0.2) is 78.9 Å². The highest BCUT2D eigenvalue weighted by Gasteiger charge is 2.34. The van der Waals surface area contributed by atoms with E-state index in [0.717, 1.165) is 47.6 Å². The van der Waals surface area contributed by atoms with E-state index >= 15 is 0 Å². The summed E-state index contributed by atoms with van der Waals surface area (Å²) >= 11 is 0. The van der Waals surface area contributed by atoms with Crippen molar-refractivity contribution in [2.45, 2.75) is 19.5 Å². The molecule has 5 rings (SSSR count). The molecule has 5 nitrogen and oxygen atoms in total. The van der Waals surface area contributed by atoms with E-state index in [2.05, 4.69) is 34.1 Å². The molecule has 1 amide bonds. The number of nitrogens with one attached hydrogen (secondary N) is 1. The summed E-state index contributed by atoms with van der Waals surface area (Å²) < 4.78 is 0. The fourth-order valence-corrected chi connectivity index (χ4v) is 4.40. The molecular weight excluding hydrogens is 384 g/mol. The van der Waals surface area contributed by atoms with Crippen LogP contribution in [0.1, 0.15) is 33.4 Å². The molecule has 31 heavy (non-hydrogen) atoms. The third kappa shape index (κ3) is 3.97. The summed E-state index contributed by atoms with van der Waals surface area (Å²) in [5.74, 6) is 0.920. The molecule has 0 spiro atoms. The third-order valence-corrected chi connectivity index (χ3v) is 6.07. The van der Waals surface area contributed by atoms with E-state index in [1.54, 1.807) is 0 Å². The highest BCUT2D eigenvalue weighted by Crippen LogP contribution is 2.28. The first-order valence-corrected chi connectivity index (χ1v) is 10.8. The number of nitrogens with zero attached hydrogens (tertiary/aromatic N) is 3. The normalized spacial score (nSPS) is 17.2. The number of piperazine rings is 1. The Morgan fingerprint density at radius 1 is 0.968 bits per heavy atom. The molecule has 1 N–H and O–H groups in total. The maximum atomic E-state index is 13.6. The number of imidazole rings is 1. The van der Waals surface area contributed by atoms with E-state index in [9.17, 15) is 4.79 Å². The zero-order valence-electron chi connectivity index (χ0n) is 17.7. The van der Waals surface area contributed by atoms with Gasteiger partial charge in [0.2, 0.25) is 0 Å². The summed E-state index contributed by atoms with van der Waals surface area (Å²) in [6, 6.07) is 26.2. The summed E-state index contributed by atoms with van der Waals surface area (Å²) in [5, 5.41) is 0. The van der Waals surface area contributed by atoms with Gasteiger partial charge >= 0.3 is 0 Å². The lowest BCUT2D eigenvalue weighted by Gasteiger charge is -2.40. The first-order chi connectivity index (χ1) is 15.2. The molecule has 0 bridgehead atoms. The van der Waals surface area contributed by atoms with Crippen LogP contribution in [0.2, 0.25) is 0 Å². The van der Waals surface area contributed by atoms with Crippen LogP contribution < -0.4 is 0 Å². The third-order valence-electron chi connectivity index (χ3n) is 6.07. The number of fused-ring (bicyclic) bond motifs is 1. The van der Waals surface area contributed by atoms with Crippen LogP contribution in [0.25, 0.3) is 11.0 Å². The zero-order valence-corrected chi connectivity index (χ0v) is 17.7. The molecule has 1 unspecified atom stereocenters. The topological polar surface area (TPSA) is 52.2 Å². The molecule has 0 saturated carbocycles. The van der Waals surface area contributed by atoms with Crippen LogP contribution in [-0.2, 0) is 6.54 Å². The van der Waals surface area contributed by atoms with Crippen molar-refractivity contribution in [3.05, 3.63) is 101 Å². The van der Waals surface area contributed by atoms with Gasteiger partial charge in [-0.05, 0) is 36.2 Å². The van der Waals surface area contributed by atoms with Crippen molar-refractivity contribution < 1.29 is 4.79 Å². The summed E-state index contributed by atoms with van der Waals surface area (Å²) in [4.78, 5) is 26.3. The second kappa shape index (κ2) is 8.36. The first kappa shape index (κ1) is 19.5. The minimum absolute atomic E-state index is 0.0721. The van der Waals surface area contributed by atoms with Crippen LogP contribution in [0.3, 0.4) is 0 Å². The maximum absolute atomic E-state index is 13.6. The predicted octanol–water partition coefficient (Wildman–Crippen LogP) is 4.57. The molecule has 1 aliphatic rings. The second-order valence-corrected chi connectivity index (χ2v) is 8.19. The van der Waals surface area contributed by atoms with Gasteiger partial charge in [0.25, 0.3) is 5.91 Å². The van der Waals surface area contributed by atoms with Crippen molar-refractivity contribution in [3.63, 3.8) is 0 Å². The van der Waals surface area contributed by atoms with Crippen LogP contribution in [0.4, 0.5) is 0 Å². The van der Waals surface area contributed by atoms with Crippen molar-refractivity contribution in [1.82, 2.24) is 19.8 Å². The lowest BCUT2D eigenvalue weighted by molar-refractivity contribution is 0.0417. The molecule has 0 radical (unpaired) electrons. The second-order valence-electron chi connectivity index (χ2n) is 8.19. The molecular formula is C26H26N4O. The lowest BCUT2D eigenvalue weighted by Crippen LogP contribution is -2.50. The highest BCUT2D eigenvalue weighted by molar-refractivity contribution is 5.96. The number of aromatic amines is 1. The van der Waals surface area contributed by atoms with E-state index in [1.807, 2.05) is 66.4 Å². The molecule has 2 heterocycles. The highest BCUT2D eigenvalue weighted by atomic mass is 16.2. The maximum Gasteiger partial charge on any atom is 0.254 e. The van der Waals surface area contributed by atoms with Crippen molar-refractivity contribution in [2.24, 2.45) is 0 Å². The number of hydrogen-bond acceptors (Lipinski definition) is 3. The van der Waals surface area contributed by atoms with Gasteiger partial charge in [-0.2, -0.15) is 0 Å². The molecule has 5 heteroatoms. The number of amides is 1. The van der Waals surface area contributed by atoms with Crippen molar-refractivity contribution in [1.29, 1.82) is 0 Å². The van der Waals surface area contributed by atoms with Gasteiger partial charge < -0.3 is 9.88 Å². The van der Waals surface area contributed by atoms with E-state index in [4.69, 9.17) is 4.98 Å². The Bertz CT molecular complexity index is 1170. The number of rotatable bonds is 4. The van der Waals surface area contributed by atoms with Gasteiger partial charge in [-0.25, -0.2) is 4.98 Å². The molecule has 1 saturated heterocycles. The Hall–Kier alpha value is -3.44. The summed E-state index contributed by atoms with van der Waals surface area (Å²) in [6.07, 6.45) is 0. The Morgan fingerprint density at radius 2 is 1.71 bits per heavy atom. The lowest BCUT2D eigenvalue weighted by atomic mass is 10.0. The Morgan fingerprint density at radius 3 is 2.52 bits per heavy atom. The predicted molar refractivity (Wildman–Crippen MR) is 123 cm³/mol. The van der Waals surface area contributed by atoms with Gasteiger partial charge in [-0.1, -0.05) is 60.7 Å². The summed E-state index contributed by atoms with van der Waals surface area (Å²) in [5.41, 5.74) is 4.98. The van der Waals surface area contributed by atoms with Gasteiger partial charge in [-0.3, -0.25) is 9.69 Å². The number of para-hydroxylation sites is 2. The average molecular weight is 411 g/mol. The van der Waals surface area contributed by atoms with E-state index < -0.39 is 0 Å². The average Bonchev–Trinajstić information content (AvgIpc) is 3.24. The Labute approximate surface area is 182 Å². The van der Waals surface area contributed by atoms with Gasteiger partial charge in [0.05, 0.1) is 11.0 Å². The van der Waals surface area contributed by atoms with E-state index in [1.165, 1.54) is 5.56 Å². The van der Waals surface area contributed by atoms with Gasteiger partial charge in [0, 0.05) is 31.7 Å². The molecule has 3 aromatic carbocycles. The Kier molecular flexibility index (Phi) is 5.26. The van der Waals surface area contributed by atoms with Crippen LogP contribution >= 0.6 is 0 Å². The zero-order chi connectivity index (χ0) is 21.2. The number of H-pyrrole nitrogens is 1. The molecule has 156 valence electrons. The molecule has 1 aromatic heterocycles. The number of carbonyl (C=O) groups excluding carboxylic acids is 1. The fraction of sp³-hybridized carbons (Fsp3) is 0.231. The Balaban J connectivity index is 1.48. The fourth-order valence-electron chi connectivity index (χ4n) is 4.40. The van der Waals surface area contributed by atoms with E-state index in [0.29, 0.717) is 6.54 Å². The van der Waals surface area contributed by atoms with Crippen molar-refractivity contribution >= 4 is 16.9 Å². The number of aryl methyl sites for hydroxylation is 1. The molecule has 1 fully saturated rings. The number of aromatic nitrogens is 2.